The molecule has 2 saturated heterocycles. The van der Waals surface area contributed by atoms with Crippen molar-refractivity contribution in [1.82, 2.24) is 19.8 Å². The number of pyridine rings is 2. The van der Waals surface area contributed by atoms with E-state index in [1.807, 2.05) is 26.0 Å². The maximum absolute atomic E-state index is 13.6. The van der Waals surface area contributed by atoms with Crippen LogP contribution in [0.5, 0.6) is 0 Å². The highest BCUT2D eigenvalue weighted by molar-refractivity contribution is 7.19. The van der Waals surface area contributed by atoms with Gasteiger partial charge in [-0.05, 0) is 37.0 Å². The zero-order chi connectivity index (χ0) is 32.3. The van der Waals surface area contributed by atoms with E-state index >= 15 is 0 Å². The first-order valence-corrected chi connectivity index (χ1v) is 14.4. The molecule has 0 spiro atoms. The maximum atomic E-state index is 13.6. The lowest BCUT2D eigenvalue weighted by Crippen LogP contribution is -2.35. The summed E-state index contributed by atoms with van der Waals surface area (Å²) in [5.74, 6) is -3.57. The Morgan fingerprint density at radius 2 is 1.84 bits per heavy atom. The number of alkyl halides is 3. The number of piperidine rings is 1. The van der Waals surface area contributed by atoms with E-state index in [0.29, 0.717) is 35.4 Å². The molecular formula is C29H27F3N6O5S. The van der Waals surface area contributed by atoms with Gasteiger partial charge in [-0.25, -0.2) is 9.78 Å². The first kappa shape index (κ1) is 31.0. The molecule has 6 rings (SSSR count). The van der Waals surface area contributed by atoms with Gasteiger partial charge in [0.05, 0.1) is 39.9 Å². The number of hydrogen-bond acceptors (Lipinski definition) is 9. The van der Waals surface area contributed by atoms with Crippen LogP contribution in [0.25, 0.3) is 21.3 Å². The quantitative estimate of drug-likeness (QED) is 0.411. The molecule has 3 amide bonds. The molecule has 3 aliphatic rings. The van der Waals surface area contributed by atoms with E-state index in [2.05, 4.69) is 16.0 Å². The number of amides is 3. The van der Waals surface area contributed by atoms with Gasteiger partial charge in [-0.15, -0.1) is 11.3 Å². The van der Waals surface area contributed by atoms with E-state index in [4.69, 9.17) is 15.6 Å². The Morgan fingerprint density at radius 3 is 2.39 bits per heavy atom. The summed E-state index contributed by atoms with van der Waals surface area (Å²) in [5, 5.41) is 16.7. The summed E-state index contributed by atoms with van der Waals surface area (Å²) >= 11 is 1.44. The van der Waals surface area contributed by atoms with Crippen LogP contribution < -0.4 is 5.73 Å². The normalized spacial score (nSPS) is 22.0. The lowest BCUT2D eigenvalue weighted by atomic mass is 9.97. The van der Waals surface area contributed by atoms with E-state index < -0.39 is 12.1 Å². The Hall–Kier alpha value is -4.42. The number of carbonyl (C=O) groups excluding carboxylic acids is 3. The highest BCUT2D eigenvalue weighted by atomic mass is 32.1. The second-order valence-electron chi connectivity index (χ2n) is 11.6. The summed E-state index contributed by atoms with van der Waals surface area (Å²) in [4.78, 5) is 61.0. The molecule has 3 aromatic heterocycles. The first-order chi connectivity index (χ1) is 20.6. The molecule has 5 heterocycles. The van der Waals surface area contributed by atoms with Crippen LogP contribution >= 0.6 is 11.3 Å². The van der Waals surface area contributed by atoms with E-state index in [9.17, 15) is 32.8 Å². The topological polar surface area (TPSA) is 171 Å². The van der Waals surface area contributed by atoms with Crippen LogP contribution in [0.1, 0.15) is 46.9 Å². The fourth-order valence-corrected chi connectivity index (χ4v) is 7.07. The van der Waals surface area contributed by atoms with Crippen molar-refractivity contribution in [1.29, 1.82) is 5.26 Å². The number of carboxylic acid groups (broad SMARTS) is 1. The minimum Gasteiger partial charge on any atom is -0.475 e. The Balaban J connectivity index is 0.000000493. The second-order valence-corrected chi connectivity index (χ2v) is 12.7. The van der Waals surface area contributed by atoms with Gasteiger partial charge in [0.25, 0.3) is 5.91 Å². The predicted molar refractivity (Wildman–Crippen MR) is 151 cm³/mol. The SMILES string of the molecule is Cc1nc(C#N)cc(-c2ccnc3cc(CN4C(=O)C5C(C4=O)C5(C)C)sc23)c1C(=O)N1CC[C@H](N)C1.O=C(O)C(F)(F)F. The highest BCUT2D eigenvalue weighted by Gasteiger charge is 2.72. The van der Waals surface area contributed by atoms with Gasteiger partial charge in [0, 0.05) is 41.3 Å². The molecule has 0 radical (unpaired) electrons. The Labute approximate surface area is 253 Å². The number of halogens is 3. The molecule has 0 aromatic carbocycles. The summed E-state index contributed by atoms with van der Waals surface area (Å²) in [6, 6.07) is 7.40. The molecule has 1 saturated carbocycles. The number of aryl methyl sites for hydroxylation is 1. The summed E-state index contributed by atoms with van der Waals surface area (Å²) < 4.78 is 32.6. The fraction of sp³-hybridized carbons (Fsp3) is 0.414. The smallest absolute Gasteiger partial charge is 0.475 e. The maximum Gasteiger partial charge on any atom is 0.490 e. The predicted octanol–water partition coefficient (Wildman–Crippen LogP) is 3.49. The number of aliphatic carboxylic acids is 1. The number of imide groups is 1. The van der Waals surface area contributed by atoms with E-state index in [1.165, 1.54) is 16.2 Å². The van der Waals surface area contributed by atoms with Gasteiger partial charge in [0.2, 0.25) is 11.8 Å². The lowest BCUT2D eigenvalue weighted by Gasteiger charge is -2.20. The molecule has 3 N–H and O–H groups in total. The number of hydrogen-bond donors (Lipinski definition) is 2. The van der Waals surface area contributed by atoms with Gasteiger partial charge in [-0.3, -0.25) is 24.3 Å². The lowest BCUT2D eigenvalue weighted by molar-refractivity contribution is -0.192. The monoisotopic (exact) mass is 628 g/mol. The molecule has 15 heteroatoms. The third-order valence-corrected chi connectivity index (χ3v) is 9.38. The van der Waals surface area contributed by atoms with Crippen molar-refractivity contribution in [2.75, 3.05) is 13.1 Å². The van der Waals surface area contributed by atoms with E-state index in [0.717, 1.165) is 21.6 Å². The Kier molecular flexibility index (Phi) is 7.71. The number of thiophene rings is 1. The number of rotatable bonds is 4. The summed E-state index contributed by atoms with van der Waals surface area (Å²) in [6.45, 7) is 6.92. The average Bonchev–Trinajstić information content (AvgIpc) is 3.33. The molecule has 44 heavy (non-hydrogen) atoms. The van der Waals surface area contributed by atoms with Crippen LogP contribution in [-0.4, -0.2) is 73.9 Å². The number of nitrogens with zero attached hydrogens (tertiary/aromatic N) is 5. The number of likely N-dealkylation sites (tertiary alicyclic amines) is 2. The van der Waals surface area contributed by atoms with E-state index in [1.54, 1.807) is 24.1 Å². The van der Waals surface area contributed by atoms with Crippen LogP contribution in [-0.2, 0) is 20.9 Å². The van der Waals surface area contributed by atoms with Crippen LogP contribution in [0, 0.1) is 35.5 Å². The van der Waals surface area contributed by atoms with Gasteiger partial charge in [-0.2, -0.15) is 18.4 Å². The van der Waals surface area contributed by atoms with Gasteiger partial charge >= 0.3 is 12.1 Å². The fourth-order valence-electron chi connectivity index (χ4n) is 5.94. The van der Waals surface area contributed by atoms with Gasteiger partial charge in [0.15, 0.2) is 0 Å². The van der Waals surface area contributed by atoms with Crippen molar-refractivity contribution in [3.8, 4) is 17.2 Å². The number of nitrogens with two attached hydrogens (primary N) is 1. The molecule has 11 nitrogen and oxygen atoms in total. The third-order valence-electron chi connectivity index (χ3n) is 8.24. The molecule has 3 atom stereocenters. The van der Waals surface area contributed by atoms with Crippen LogP contribution in [0.4, 0.5) is 13.2 Å². The highest BCUT2D eigenvalue weighted by Crippen LogP contribution is 2.63. The number of fused-ring (bicyclic) bond motifs is 2. The molecule has 3 aromatic rings. The molecule has 1 aliphatic carbocycles. The first-order valence-electron chi connectivity index (χ1n) is 13.6. The van der Waals surface area contributed by atoms with Crippen LogP contribution in [0.3, 0.4) is 0 Å². The zero-order valence-corrected chi connectivity index (χ0v) is 24.6. The van der Waals surface area contributed by atoms with Crippen molar-refractivity contribution < 1.29 is 37.5 Å². The number of carbonyl (C=O) groups is 4. The van der Waals surface area contributed by atoms with Crippen molar-refractivity contribution in [3.63, 3.8) is 0 Å². The molecule has 3 fully saturated rings. The molecular weight excluding hydrogens is 601 g/mol. The Morgan fingerprint density at radius 1 is 1.20 bits per heavy atom. The zero-order valence-electron chi connectivity index (χ0n) is 23.8. The van der Waals surface area contributed by atoms with Crippen molar-refractivity contribution in [2.45, 2.75) is 46.0 Å². The largest absolute Gasteiger partial charge is 0.490 e. The van der Waals surface area contributed by atoms with Crippen molar-refractivity contribution >= 4 is 45.2 Å². The minimum atomic E-state index is -5.08. The van der Waals surface area contributed by atoms with Gasteiger partial charge in [0.1, 0.15) is 11.8 Å². The van der Waals surface area contributed by atoms with Crippen molar-refractivity contribution in [2.24, 2.45) is 23.0 Å². The average molecular weight is 629 g/mol. The second kappa shape index (κ2) is 10.9. The van der Waals surface area contributed by atoms with Crippen LogP contribution in [0.15, 0.2) is 24.4 Å². The van der Waals surface area contributed by atoms with Gasteiger partial charge < -0.3 is 15.7 Å². The summed E-state index contributed by atoms with van der Waals surface area (Å²) in [5.41, 5.74) is 9.04. The third kappa shape index (κ3) is 5.39. The molecule has 2 aliphatic heterocycles. The van der Waals surface area contributed by atoms with Crippen molar-refractivity contribution in [3.05, 3.63) is 46.2 Å². The number of carboxylic acids is 1. The van der Waals surface area contributed by atoms with Crippen LogP contribution in [0.2, 0.25) is 0 Å². The molecule has 0 bridgehead atoms. The molecule has 2 unspecified atom stereocenters. The minimum absolute atomic E-state index is 0.0563. The Bertz CT molecular complexity index is 1740. The number of nitriles is 1. The van der Waals surface area contributed by atoms with Gasteiger partial charge in [-0.1, -0.05) is 13.8 Å². The van der Waals surface area contributed by atoms with E-state index in [-0.39, 0.29) is 53.3 Å². The molecule has 230 valence electrons. The summed E-state index contributed by atoms with van der Waals surface area (Å²) in [6.07, 6.45) is -2.68. The number of aromatic nitrogens is 2. The standard InChI is InChI=1S/C27H26N6O3S.C2HF3O2/c1-13-20(24(34)32-7-5-14(29)11-32)18(8-15(10-28)31-13)17-4-6-30-19-9-16(37-23(17)19)12-33-25(35)21-22(26(33)36)27(21,2)3;3-2(4,5)1(6)7/h4,6,8-9,14,21-22H,5,7,11-12,29H2,1-3H3;(H,6,7)/t14-,21?,22?;/m0./s1. The summed E-state index contributed by atoms with van der Waals surface area (Å²) in [7, 11) is 0.